The monoisotopic (exact) mass is 463 g/mol. The molecule has 6 nitrogen and oxygen atoms in total. The van der Waals surface area contributed by atoms with Crippen LogP contribution in [0.1, 0.15) is 48.5 Å². The van der Waals surface area contributed by atoms with Crippen LogP contribution >= 0.6 is 11.3 Å². The number of fused-ring (bicyclic) bond motifs is 1. The third-order valence-electron chi connectivity index (χ3n) is 6.78. The predicted octanol–water partition coefficient (Wildman–Crippen LogP) is 4.64. The molecule has 2 heterocycles. The quantitative estimate of drug-likeness (QED) is 0.648. The number of amides is 1. The fourth-order valence-electron chi connectivity index (χ4n) is 4.77. The van der Waals surface area contributed by atoms with E-state index in [1.54, 1.807) is 7.11 Å². The molecule has 0 bridgehead atoms. The molecule has 1 aliphatic heterocycles. The Kier molecular flexibility index (Phi) is 5.36. The smallest absolute Gasteiger partial charge is 0.275 e. The highest BCUT2D eigenvalue weighted by atomic mass is 32.1. The topological polar surface area (TPSA) is 63.7 Å². The molecule has 2 aromatic rings. The lowest BCUT2D eigenvalue weighted by atomic mass is 9.97. The average molecular weight is 464 g/mol. The first-order valence-electron chi connectivity index (χ1n) is 11.1. The van der Waals surface area contributed by atoms with Gasteiger partial charge in [-0.15, -0.1) is 11.3 Å². The van der Waals surface area contributed by atoms with E-state index in [9.17, 15) is 13.6 Å². The SMILES string of the molecule is CCc1sc(N2CC(C)(OC)C2)nc1C(=O)Nc1cc(F)c(OC2CC3CC3C2)c(F)c1. The minimum Gasteiger partial charge on any atom is -0.484 e. The highest BCUT2D eigenvalue weighted by Crippen LogP contribution is 2.52. The van der Waals surface area contributed by atoms with Crippen molar-refractivity contribution in [2.45, 2.75) is 51.2 Å². The number of hydrogen-bond donors (Lipinski definition) is 1. The molecule has 5 rings (SSSR count). The first-order valence-corrected chi connectivity index (χ1v) is 11.9. The minimum absolute atomic E-state index is 0.0409. The van der Waals surface area contributed by atoms with Crippen molar-refractivity contribution in [3.8, 4) is 5.75 Å². The molecule has 1 amide bonds. The molecule has 1 aromatic heterocycles. The van der Waals surface area contributed by atoms with Crippen LogP contribution < -0.4 is 15.0 Å². The number of nitrogens with one attached hydrogen (secondary N) is 1. The first kappa shape index (κ1) is 21.6. The Balaban J connectivity index is 1.28. The number of carbonyl (C=O) groups excluding carboxylic acids is 1. The van der Waals surface area contributed by atoms with E-state index in [-0.39, 0.29) is 28.8 Å². The van der Waals surface area contributed by atoms with E-state index in [1.807, 2.05) is 13.8 Å². The zero-order valence-corrected chi connectivity index (χ0v) is 19.2. The molecule has 2 aliphatic carbocycles. The molecular weight excluding hydrogens is 436 g/mol. The van der Waals surface area contributed by atoms with E-state index in [0.717, 1.165) is 35.0 Å². The number of thiazole rings is 1. The molecule has 3 fully saturated rings. The van der Waals surface area contributed by atoms with Gasteiger partial charge >= 0.3 is 0 Å². The molecule has 0 radical (unpaired) electrons. The average Bonchev–Trinajstić information content (AvgIpc) is 3.15. The zero-order chi connectivity index (χ0) is 22.6. The van der Waals surface area contributed by atoms with Crippen molar-refractivity contribution in [3.63, 3.8) is 0 Å². The Labute approximate surface area is 189 Å². The summed E-state index contributed by atoms with van der Waals surface area (Å²) in [6, 6.07) is 2.20. The fraction of sp³-hybridized carbons (Fsp3) is 0.565. The largest absolute Gasteiger partial charge is 0.484 e. The number of carbonyl (C=O) groups is 1. The Hall–Kier alpha value is -2.26. The molecule has 2 saturated carbocycles. The van der Waals surface area contributed by atoms with Crippen LogP contribution in [0.5, 0.6) is 5.75 Å². The van der Waals surface area contributed by atoms with Crippen LogP contribution in [0, 0.1) is 23.5 Å². The van der Waals surface area contributed by atoms with Gasteiger partial charge in [-0.05, 0) is 44.4 Å². The van der Waals surface area contributed by atoms with Crippen molar-refractivity contribution < 1.29 is 23.0 Å². The number of hydrogen-bond acceptors (Lipinski definition) is 6. The second-order valence-electron chi connectivity index (χ2n) is 9.32. The fourth-order valence-corrected chi connectivity index (χ4v) is 5.77. The van der Waals surface area contributed by atoms with Gasteiger partial charge < -0.3 is 19.7 Å². The Morgan fingerprint density at radius 1 is 1.25 bits per heavy atom. The Morgan fingerprint density at radius 3 is 2.50 bits per heavy atom. The highest BCUT2D eigenvalue weighted by Gasteiger charge is 2.47. The first-order chi connectivity index (χ1) is 15.3. The molecule has 1 saturated heterocycles. The summed E-state index contributed by atoms with van der Waals surface area (Å²) in [5, 5.41) is 3.34. The normalized spacial score (nSPS) is 25.3. The molecule has 1 N–H and O–H groups in total. The second-order valence-corrected chi connectivity index (χ2v) is 10.4. The van der Waals surface area contributed by atoms with Gasteiger partial charge in [-0.1, -0.05) is 6.92 Å². The van der Waals surface area contributed by atoms with Crippen LogP contribution in [0.25, 0.3) is 0 Å². The van der Waals surface area contributed by atoms with Crippen molar-refractivity contribution in [1.82, 2.24) is 4.98 Å². The van der Waals surface area contributed by atoms with Crippen molar-refractivity contribution in [2.24, 2.45) is 11.8 Å². The van der Waals surface area contributed by atoms with Gasteiger partial charge in [0.15, 0.2) is 22.5 Å². The number of rotatable bonds is 7. The van der Waals surface area contributed by atoms with Gasteiger partial charge in [0.25, 0.3) is 5.91 Å². The molecule has 3 aliphatic rings. The number of benzene rings is 1. The molecule has 32 heavy (non-hydrogen) atoms. The summed E-state index contributed by atoms with van der Waals surface area (Å²) >= 11 is 1.45. The summed E-state index contributed by atoms with van der Waals surface area (Å²) < 4.78 is 40.3. The maximum Gasteiger partial charge on any atom is 0.275 e. The molecule has 1 aromatic carbocycles. The summed E-state index contributed by atoms with van der Waals surface area (Å²) in [5.41, 5.74) is 0.113. The van der Waals surface area contributed by atoms with E-state index < -0.39 is 17.5 Å². The molecular formula is C23H27F2N3O3S. The number of anilines is 2. The second kappa shape index (κ2) is 7.95. The number of aryl methyl sites for hydroxylation is 1. The van der Waals surface area contributed by atoms with E-state index >= 15 is 0 Å². The molecule has 0 spiro atoms. The summed E-state index contributed by atoms with van der Waals surface area (Å²) in [7, 11) is 1.68. The van der Waals surface area contributed by atoms with Gasteiger partial charge in [-0.2, -0.15) is 0 Å². The van der Waals surface area contributed by atoms with Gasteiger partial charge in [-0.25, -0.2) is 13.8 Å². The molecule has 172 valence electrons. The van der Waals surface area contributed by atoms with Crippen molar-refractivity contribution >= 4 is 28.1 Å². The third-order valence-corrected chi connectivity index (χ3v) is 8.04. The third kappa shape index (κ3) is 3.96. The van der Waals surface area contributed by atoms with Gasteiger partial charge in [0.05, 0.1) is 24.8 Å². The van der Waals surface area contributed by atoms with Crippen molar-refractivity contribution in [3.05, 3.63) is 34.3 Å². The van der Waals surface area contributed by atoms with E-state index in [0.29, 0.717) is 31.3 Å². The van der Waals surface area contributed by atoms with Crippen molar-refractivity contribution in [1.29, 1.82) is 0 Å². The lowest BCUT2D eigenvalue weighted by molar-refractivity contribution is -0.0167. The van der Waals surface area contributed by atoms with E-state index in [2.05, 4.69) is 15.2 Å². The number of aromatic nitrogens is 1. The Morgan fingerprint density at radius 2 is 1.91 bits per heavy atom. The zero-order valence-electron chi connectivity index (χ0n) is 18.4. The minimum atomic E-state index is -0.810. The lowest BCUT2D eigenvalue weighted by Gasteiger charge is -2.46. The van der Waals surface area contributed by atoms with Crippen molar-refractivity contribution in [2.75, 3.05) is 30.4 Å². The van der Waals surface area contributed by atoms with Gasteiger partial charge in [-0.3, -0.25) is 4.79 Å². The Bertz CT molecular complexity index is 1020. The van der Waals surface area contributed by atoms with Gasteiger partial charge in [0.2, 0.25) is 0 Å². The lowest BCUT2D eigenvalue weighted by Crippen LogP contribution is -2.61. The maximum atomic E-state index is 14.6. The number of ether oxygens (including phenoxy) is 2. The van der Waals surface area contributed by atoms with Gasteiger partial charge in [0, 0.05) is 29.8 Å². The van der Waals surface area contributed by atoms with Crippen LogP contribution in [-0.4, -0.2) is 42.8 Å². The van der Waals surface area contributed by atoms with Crippen LogP contribution in [0.3, 0.4) is 0 Å². The van der Waals surface area contributed by atoms with Crippen LogP contribution in [0.4, 0.5) is 19.6 Å². The van der Waals surface area contributed by atoms with Gasteiger partial charge in [0.1, 0.15) is 5.69 Å². The molecule has 2 unspecified atom stereocenters. The summed E-state index contributed by atoms with van der Waals surface area (Å²) in [6.07, 6.45) is 3.42. The van der Waals surface area contributed by atoms with Crippen LogP contribution in [0.2, 0.25) is 0 Å². The number of methoxy groups -OCH3 is 1. The van der Waals surface area contributed by atoms with Crippen LogP contribution in [0.15, 0.2) is 12.1 Å². The molecule has 9 heteroatoms. The summed E-state index contributed by atoms with van der Waals surface area (Å²) in [4.78, 5) is 20.2. The number of halogens is 2. The van der Waals surface area contributed by atoms with Crippen LogP contribution in [-0.2, 0) is 11.2 Å². The summed E-state index contributed by atoms with van der Waals surface area (Å²) in [5.74, 6) is -1.16. The standard InChI is InChI=1S/C23H27F2N3O3S/c1-4-18-19(27-22(32-18)28-10-23(2,11-28)30-3)21(29)26-14-8-16(24)20(17(25)9-14)31-15-6-12-5-13(12)7-15/h8-9,12-13,15H,4-7,10-11H2,1-3H3,(H,26,29). The number of nitrogens with zero attached hydrogens (tertiary/aromatic N) is 2. The van der Waals surface area contributed by atoms with E-state index in [1.165, 1.54) is 17.8 Å². The molecule has 2 atom stereocenters. The maximum absolute atomic E-state index is 14.6. The predicted molar refractivity (Wildman–Crippen MR) is 119 cm³/mol. The summed E-state index contributed by atoms with van der Waals surface area (Å²) in [6.45, 7) is 5.36. The highest BCUT2D eigenvalue weighted by molar-refractivity contribution is 7.16. The van der Waals surface area contributed by atoms with E-state index in [4.69, 9.17) is 9.47 Å².